The van der Waals surface area contributed by atoms with Gasteiger partial charge in [-0.25, -0.2) is 13.2 Å². The first-order valence-electron chi connectivity index (χ1n) is 10.1. The Bertz CT molecular complexity index is 1150. The van der Waals surface area contributed by atoms with Gasteiger partial charge in [0.15, 0.2) is 5.78 Å². The van der Waals surface area contributed by atoms with Gasteiger partial charge in [-0.05, 0) is 37.3 Å². The van der Waals surface area contributed by atoms with E-state index >= 15 is 0 Å². The van der Waals surface area contributed by atoms with Crippen LogP contribution in [0.5, 0.6) is 0 Å². The highest BCUT2D eigenvalue weighted by Crippen LogP contribution is 2.27. The van der Waals surface area contributed by atoms with E-state index < -0.39 is 16.0 Å². The van der Waals surface area contributed by atoms with Crippen molar-refractivity contribution in [2.75, 3.05) is 42.3 Å². The molecule has 1 heterocycles. The Morgan fingerprint density at radius 3 is 2.31 bits per heavy atom. The maximum Gasteiger partial charge on any atom is 0.337 e. The Kier molecular flexibility index (Phi) is 7.12. The zero-order valence-corrected chi connectivity index (χ0v) is 18.4. The highest BCUT2D eigenvalue weighted by Gasteiger charge is 2.23. The maximum atomic E-state index is 12.7. The van der Waals surface area contributed by atoms with Crippen molar-refractivity contribution in [2.45, 2.75) is 18.2 Å². The number of anilines is 2. The average Bonchev–Trinajstić information content (AvgIpc) is 2.78. The Hall–Kier alpha value is -3.42. The maximum absolute atomic E-state index is 12.7. The molecule has 1 fully saturated rings. The normalized spacial score (nSPS) is 14.6. The van der Waals surface area contributed by atoms with Gasteiger partial charge < -0.3 is 10.0 Å². The van der Waals surface area contributed by atoms with E-state index in [1.807, 2.05) is 4.90 Å². The van der Waals surface area contributed by atoms with Crippen LogP contribution in [0.15, 0.2) is 47.4 Å². The quantitative estimate of drug-likeness (QED) is 0.579. The summed E-state index contributed by atoms with van der Waals surface area (Å²) in [6, 6.07) is 12.1. The molecule has 0 spiro atoms. The summed E-state index contributed by atoms with van der Waals surface area (Å²) in [6.45, 7) is 4.72. The number of rotatable bonds is 8. The number of sulfonamides is 1. The molecular weight excluding hydrogens is 432 g/mol. The average molecular weight is 457 g/mol. The van der Waals surface area contributed by atoms with Crippen molar-refractivity contribution in [1.82, 2.24) is 4.90 Å². The number of carboxylic acids is 1. The van der Waals surface area contributed by atoms with Crippen molar-refractivity contribution in [3.8, 4) is 6.07 Å². The minimum atomic E-state index is -3.95. The van der Waals surface area contributed by atoms with E-state index in [2.05, 4.69) is 15.7 Å². The van der Waals surface area contributed by atoms with Gasteiger partial charge in [0.1, 0.15) is 0 Å². The van der Waals surface area contributed by atoms with Gasteiger partial charge in [0, 0.05) is 50.4 Å². The van der Waals surface area contributed by atoms with Crippen molar-refractivity contribution in [2.24, 2.45) is 0 Å². The van der Waals surface area contributed by atoms with Gasteiger partial charge in [0.25, 0.3) is 10.0 Å². The molecule has 168 valence electrons. The molecule has 0 bridgehead atoms. The molecule has 0 aromatic heterocycles. The van der Waals surface area contributed by atoms with E-state index in [9.17, 15) is 23.1 Å². The molecule has 0 unspecified atom stereocenters. The minimum absolute atomic E-state index is 0.00241. The van der Waals surface area contributed by atoms with Gasteiger partial charge in [0.05, 0.1) is 22.2 Å². The number of Topliss-reactive ketones (excluding diaryl/α,β-unsaturated/α-hetero) is 1. The topological polar surface area (TPSA) is 131 Å². The summed E-state index contributed by atoms with van der Waals surface area (Å²) < 4.78 is 27.8. The SMILES string of the molecule is CC(=O)c1ccc(S(=O)(=O)Nc2ccc(N3CCN(CCC#N)CC3)c(C(=O)O)c2)cc1. The largest absolute Gasteiger partial charge is 0.478 e. The third-order valence-electron chi connectivity index (χ3n) is 5.30. The number of ketones is 1. The summed E-state index contributed by atoms with van der Waals surface area (Å²) in [5.41, 5.74) is 1.05. The third-order valence-corrected chi connectivity index (χ3v) is 6.70. The van der Waals surface area contributed by atoms with E-state index in [1.165, 1.54) is 43.3 Å². The fourth-order valence-electron chi connectivity index (χ4n) is 3.55. The lowest BCUT2D eigenvalue weighted by Gasteiger charge is -2.36. The molecule has 9 nitrogen and oxygen atoms in total. The number of carbonyl (C=O) groups excluding carboxylic acids is 1. The van der Waals surface area contributed by atoms with Crippen LogP contribution < -0.4 is 9.62 Å². The van der Waals surface area contributed by atoms with E-state index in [0.29, 0.717) is 50.4 Å². The summed E-state index contributed by atoms with van der Waals surface area (Å²) in [5.74, 6) is -1.33. The number of nitrogens with zero attached hydrogens (tertiary/aromatic N) is 3. The monoisotopic (exact) mass is 456 g/mol. The molecule has 1 aliphatic heterocycles. The zero-order chi connectivity index (χ0) is 23.3. The van der Waals surface area contributed by atoms with E-state index in [0.717, 1.165) is 0 Å². The Morgan fingerprint density at radius 1 is 1.09 bits per heavy atom. The van der Waals surface area contributed by atoms with Crippen LogP contribution in [-0.2, 0) is 10.0 Å². The smallest absolute Gasteiger partial charge is 0.337 e. The molecule has 10 heteroatoms. The first kappa shape index (κ1) is 23.2. The lowest BCUT2D eigenvalue weighted by Crippen LogP contribution is -2.47. The van der Waals surface area contributed by atoms with E-state index in [-0.39, 0.29) is 21.9 Å². The minimum Gasteiger partial charge on any atom is -0.478 e. The molecule has 2 aromatic rings. The number of hydrogen-bond acceptors (Lipinski definition) is 7. The van der Waals surface area contributed by atoms with Gasteiger partial charge in [-0.15, -0.1) is 0 Å². The summed E-state index contributed by atoms with van der Waals surface area (Å²) in [7, 11) is -3.95. The van der Waals surface area contributed by atoms with Crippen LogP contribution in [0.3, 0.4) is 0 Å². The molecule has 0 aliphatic carbocycles. The Labute approximate surface area is 186 Å². The summed E-state index contributed by atoms with van der Waals surface area (Å²) in [4.78, 5) is 27.3. The number of carbonyl (C=O) groups is 2. The summed E-state index contributed by atoms with van der Waals surface area (Å²) >= 11 is 0. The predicted octanol–water partition coefficient (Wildman–Crippen LogP) is 2.42. The summed E-state index contributed by atoms with van der Waals surface area (Å²) in [6.07, 6.45) is 0.451. The molecular formula is C22H24N4O5S. The van der Waals surface area contributed by atoms with Crippen LogP contribution in [0.2, 0.25) is 0 Å². The van der Waals surface area contributed by atoms with Crippen molar-refractivity contribution in [3.05, 3.63) is 53.6 Å². The molecule has 1 saturated heterocycles. The first-order chi connectivity index (χ1) is 15.2. The van der Waals surface area contributed by atoms with Crippen molar-refractivity contribution < 1.29 is 23.1 Å². The number of aromatic carboxylic acids is 1. The van der Waals surface area contributed by atoms with Crippen LogP contribution >= 0.6 is 0 Å². The van der Waals surface area contributed by atoms with Gasteiger partial charge in [-0.3, -0.25) is 14.4 Å². The predicted molar refractivity (Wildman–Crippen MR) is 120 cm³/mol. The van der Waals surface area contributed by atoms with Gasteiger partial charge in [0.2, 0.25) is 0 Å². The fourth-order valence-corrected chi connectivity index (χ4v) is 4.60. The van der Waals surface area contributed by atoms with Crippen molar-refractivity contribution in [1.29, 1.82) is 5.26 Å². The first-order valence-corrected chi connectivity index (χ1v) is 11.5. The van der Waals surface area contributed by atoms with Crippen molar-refractivity contribution >= 4 is 33.2 Å². The third kappa shape index (κ3) is 5.43. The lowest BCUT2D eigenvalue weighted by molar-refractivity contribution is 0.0697. The highest BCUT2D eigenvalue weighted by atomic mass is 32.2. The number of carboxylic acid groups (broad SMARTS) is 1. The van der Waals surface area contributed by atoms with Crippen LogP contribution in [0.1, 0.15) is 34.1 Å². The molecule has 2 N–H and O–H groups in total. The van der Waals surface area contributed by atoms with Crippen LogP contribution in [0.4, 0.5) is 11.4 Å². The molecule has 0 saturated carbocycles. The summed E-state index contributed by atoms with van der Waals surface area (Å²) in [5, 5.41) is 18.4. The number of piperazine rings is 1. The van der Waals surface area contributed by atoms with Gasteiger partial charge in [-0.1, -0.05) is 12.1 Å². The highest BCUT2D eigenvalue weighted by molar-refractivity contribution is 7.92. The second kappa shape index (κ2) is 9.80. The van der Waals surface area contributed by atoms with Gasteiger partial charge in [-0.2, -0.15) is 5.26 Å². The number of nitriles is 1. The lowest BCUT2D eigenvalue weighted by atomic mass is 10.1. The molecule has 0 amide bonds. The van der Waals surface area contributed by atoms with E-state index in [4.69, 9.17) is 5.26 Å². The number of benzene rings is 2. The molecule has 0 radical (unpaired) electrons. The van der Waals surface area contributed by atoms with Crippen LogP contribution in [-0.4, -0.2) is 62.9 Å². The van der Waals surface area contributed by atoms with Gasteiger partial charge >= 0.3 is 5.97 Å². The second-order valence-corrected chi connectivity index (χ2v) is 9.14. The van der Waals surface area contributed by atoms with Crippen molar-refractivity contribution in [3.63, 3.8) is 0 Å². The number of hydrogen-bond donors (Lipinski definition) is 2. The standard InChI is InChI=1S/C22H24N4O5S/c1-16(27)17-3-6-19(7-4-17)32(30,31)24-18-5-8-21(20(15-18)22(28)29)26-13-11-25(12-14-26)10-2-9-23/h3-8,15,24H,2,10-14H2,1H3,(H,28,29). The Balaban J connectivity index is 1.78. The molecule has 32 heavy (non-hydrogen) atoms. The Morgan fingerprint density at radius 2 is 1.75 bits per heavy atom. The van der Waals surface area contributed by atoms with Crippen LogP contribution in [0.25, 0.3) is 0 Å². The second-order valence-electron chi connectivity index (χ2n) is 7.46. The molecule has 3 rings (SSSR count). The zero-order valence-electron chi connectivity index (χ0n) is 17.6. The van der Waals surface area contributed by atoms with Crippen LogP contribution in [0, 0.1) is 11.3 Å². The molecule has 0 atom stereocenters. The fraction of sp³-hybridized carbons (Fsp3) is 0.318. The molecule has 2 aromatic carbocycles. The molecule has 1 aliphatic rings. The van der Waals surface area contributed by atoms with E-state index in [1.54, 1.807) is 6.07 Å². The number of nitrogens with one attached hydrogen (secondary N) is 1.